The summed E-state index contributed by atoms with van der Waals surface area (Å²) in [6.45, 7) is 4.34. The number of aromatic nitrogens is 2. The van der Waals surface area contributed by atoms with Gasteiger partial charge in [0, 0.05) is 38.3 Å². The number of thiocarbonyl (C=S) groups is 1. The standard InChI is InChI=1S/C20H32N6S/c27-20(21-16-9-3-4-10-16)24-19-22-17(25-11-5-1-6-12-25)15-18(23-19)26-13-7-2-8-14-26/h15-16H,1-14H2,(H2,21,22,23,24,27). The first kappa shape index (κ1) is 18.7. The van der Waals surface area contributed by atoms with Crippen LogP contribution in [0.15, 0.2) is 6.07 Å². The van der Waals surface area contributed by atoms with Crippen LogP contribution in [0.1, 0.15) is 64.2 Å². The average Bonchev–Trinajstić information content (AvgIpc) is 3.22. The molecule has 3 aliphatic rings. The largest absolute Gasteiger partial charge is 0.360 e. The third-order valence-corrected chi connectivity index (χ3v) is 6.19. The number of hydrogen-bond donors (Lipinski definition) is 2. The van der Waals surface area contributed by atoms with E-state index in [-0.39, 0.29) is 0 Å². The fraction of sp³-hybridized carbons (Fsp3) is 0.750. The molecule has 27 heavy (non-hydrogen) atoms. The molecule has 0 bridgehead atoms. The molecule has 2 aliphatic heterocycles. The summed E-state index contributed by atoms with van der Waals surface area (Å²) in [5.74, 6) is 2.71. The fourth-order valence-corrected chi connectivity index (χ4v) is 4.70. The van der Waals surface area contributed by atoms with Crippen molar-refractivity contribution in [3.05, 3.63) is 6.07 Å². The van der Waals surface area contributed by atoms with E-state index in [0.717, 1.165) is 37.8 Å². The van der Waals surface area contributed by atoms with E-state index < -0.39 is 0 Å². The van der Waals surface area contributed by atoms with Gasteiger partial charge < -0.3 is 20.4 Å². The summed E-state index contributed by atoms with van der Waals surface area (Å²) in [5, 5.41) is 7.37. The van der Waals surface area contributed by atoms with E-state index in [0.29, 0.717) is 17.1 Å². The number of hydrogen-bond acceptors (Lipinski definition) is 5. The summed E-state index contributed by atoms with van der Waals surface area (Å²) in [6.07, 6.45) is 12.6. The summed E-state index contributed by atoms with van der Waals surface area (Å²) < 4.78 is 0. The minimum atomic E-state index is 0.497. The third kappa shape index (κ3) is 5.00. The monoisotopic (exact) mass is 388 g/mol. The van der Waals surface area contributed by atoms with E-state index in [9.17, 15) is 0 Å². The average molecular weight is 389 g/mol. The first-order valence-electron chi connectivity index (χ1n) is 10.7. The topological polar surface area (TPSA) is 56.3 Å². The Labute approximate surface area is 168 Å². The molecule has 0 atom stereocenters. The van der Waals surface area contributed by atoms with E-state index in [1.165, 1.54) is 64.2 Å². The van der Waals surface area contributed by atoms with Gasteiger partial charge in [0.2, 0.25) is 5.95 Å². The minimum Gasteiger partial charge on any atom is -0.360 e. The number of nitrogens with one attached hydrogen (secondary N) is 2. The number of rotatable bonds is 4. The molecule has 1 aromatic heterocycles. The first-order valence-corrected chi connectivity index (χ1v) is 11.2. The van der Waals surface area contributed by atoms with E-state index in [1.54, 1.807) is 0 Å². The second-order valence-corrected chi connectivity index (χ2v) is 8.49. The van der Waals surface area contributed by atoms with E-state index in [1.807, 2.05) is 0 Å². The fourth-order valence-electron chi connectivity index (χ4n) is 4.44. The molecular weight excluding hydrogens is 356 g/mol. The van der Waals surface area contributed by atoms with E-state index >= 15 is 0 Å². The predicted molar refractivity (Wildman–Crippen MR) is 116 cm³/mol. The van der Waals surface area contributed by atoms with Gasteiger partial charge in [0.25, 0.3) is 0 Å². The molecular formula is C20H32N6S. The molecule has 0 amide bonds. The summed E-state index contributed by atoms with van der Waals surface area (Å²) in [7, 11) is 0. The van der Waals surface area contributed by atoms with Crippen LogP contribution >= 0.6 is 12.2 Å². The summed E-state index contributed by atoms with van der Waals surface area (Å²) in [6, 6.07) is 2.67. The molecule has 1 saturated carbocycles. The van der Waals surface area contributed by atoms with Crippen LogP contribution < -0.4 is 20.4 Å². The Balaban J connectivity index is 1.51. The van der Waals surface area contributed by atoms with Crippen molar-refractivity contribution in [3.63, 3.8) is 0 Å². The summed E-state index contributed by atoms with van der Waals surface area (Å²) in [5.41, 5.74) is 0. The van der Waals surface area contributed by atoms with Gasteiger partial charge in [0.15, 0.2) is 5.11 Å². The Morgan fingerprint density at radius 2 is 1.33 bits per heavy atom. The molecule has 4 rings (SSSR count). The zero-order valence-electron chi connectivity index (χ0n) is 16.3. The maximum absolute atomic E-state index is 5.54. The zero-order valence-corrected chi connectivity index (χ0v) is 17.1. The highest BCUT2D eigenvalue weighted by Gasteiger charge is 2.20. The van der Waals surface area contributed by atoms with Gasteiger partial charge in [-0.05, 0) is 63.6 Å². The maximum atomic E-state index is 5.54. The van der Waals surface area contributed by atoms with Gasteiger partial charge in [-0.3, -0.25) is 0 Å². The van der Waals surface area contributed by atoms with Crippen LogP contribution in [-0.2, 0) is 0 Å². The van der Waals surface area contributed by atoms with Crippen molar-refractivity contribution in [1.29, 1.82) is 0 Å². The Morgan fingerprint density at radius 1 is 0.815 bits per heavy atom. The summed E-state index contributed by atoms with van der Waals surface area (Å²) >= 11 is 5.54. The Bertz CT molecular complexity index is 597. The maximum Gasteiger partial charge on any atom is 0.232 e. The Kier molecular flexibility index (Phi) is 6.27. The molecule has 0 spiro atoms. The van der Waals surface area contributed by atoms with Gasteiger partial charge in [0.05, 0.1) is 0 Å². The lowest BCUT2D eigenvalue weighted by Gasteiger charge is -2.31. The molecule has 3 fully saturated rings. The van der Waals surface area contributed by atoms with Gasteiger partial charge in [-0.25, -0.2) is 0 Å². The molecule has 0 unspecified atom stereocenters. The van der Waals surface area contributed by atoms with Crippen LogP contribution in [0.4, 0.5) is 17.6 Å². The van der Waals surface area contributed by atoms with Crippen LogP contribution in [0.3, 0.4) is 0 Å². The zero-order chi connectivity index (χ0) is 18.5. The molecule has 1 aromatic rings. The van der Waals surface area contributed by atoms with Crippen molar-refractivity contribution >= 4 is 34.9 Å². The highest BCUT2D eigenvalue weighted by atomic mass is 32.1. The molecule has 6 nitrogen and oxygen atoms in total. The van der Waals surface area contributed by atoms with Crippen molar-refractivity contribution in [2.24, 2.45) is 0 Å². The molecule has 0 radical (unpaired) electrons. The highest BCUT2D eigenvalue weighted by Crippen LogP contribution is 2.26. The number of piperidine rings is 2. The van der Waals surface area contributed by atoms with Crippen molar-refractivity contribution in [2.45, 2.75) is 70.3 Å². The number of anilines is 3. The minimum absolute atomic E-state index is 0.497. The quantitative estimate of drug-likeness (QED) is 0.763. The molecule has 0 aromatic carbocycles. The Hall–Kier alpha value is -1.63. The molecule has 148 valence electrons. The van der Waals surface area contributed by atoms with Crippen molar-refractivity contribution in [1.82, 2.24) is 15.3 Å². The lowest BCUT2D eigenvalue weighted by molar-refractivity contribution is 0.567. The SMILES string of the molecule is S=C(Nc1nc(N2CCCCC2)cc(N2CCCCC2)n1)NC1CCCC1. The van der Waals surface area contributed by atoms with Crippen LogP contribution in [0.25, 0.3) is 0 Å². The molecule has 1 aliphatic carbocycles. The van der Waals surface area contributed by atoms with Crippen LogP contribution in [-0.4, -0.2) is 47.3 Å². The van der Waals surface area contributed by atoms with Gasteiger partial charge >= 0.3 is 0 Å². The lowest BCUT2D eigenvalue weighted by Crippen LogP contribution is -2.37. The molecule has 3 heterocycles. The van der Waals surface area contributed by atoms with Crippen LogP contribution in [0.5, 0.6) is 0 Å². The van der Waals surface area contributed by atoms with Crippen molar-refractivity contribution in [3.8, 4) is 0 Å². The lowest BCUT2D eigenvalue weighted by atomic mass is 10.1. The van der Waals surface area contributed by atoms with Crippen LogP contribution in [0, 0.1) is 0 Å². The van der Waals surface area contributed by atoms with Crippen molar-refractivity contribution in [2.75, 3.05) is 41.3 Å². The van der Waals surface area contributed by atoms with Gasteiger partial charge in [0.1, 0.15) is 11.6 Å². The smallest absolute Gasteiger partial charge is 0.232 e. The highest BCUT2D eigenvalue weighted by molar-refractivity contribution is 7.80. The second-order valence-electron chi connectivity index (χ2n) is 8.08. The molecule has 2 N–H and O–H groups in total. The predicted octanol–water partition coefficient (Wildman–Crippen LogP) is 3.69. The van der Waals surface area contributed by atoms with Crippen molar-refractivity contribution < 1.29 is 0 Å². The molecule has 2 saturated heterocycles. The number of nitrogens with zero attached hydrogens (tertiary/aromatic N) is 4. The van der Waals surface area contributed by atoms with Crippen LogP contribution in [0.2, 0.25) is 0 Å². The van der Waals surface area contributed by atoms with Gasteiger partial charge in [-0.15, -0.1) is 0 Å². The normalized spacial score (nSPS) is 21.3. The van der Waals surface area contributed by atoms with Gasteiger partial charge in [-0.2, -0.15) is 9.97 Å². The summed E-state index contributed by atoms with van der Waals surface area (Å²) in [4.78, 5) is 14.4. The molecule has 7 heteroatoms. The first-order chi connectivity index (χ1) is 13.3. The Morgan fingerprint density at radius 3 is 1.85 bits per heavy atom. The second kappa shape index (κ2) is 9.04. The van der Waals surface area contributed by atoms with Gasteiger partial charge in [-0.1, -0.05) is 12.8 Å². The van der Waals surface area contributed by atoms with E-state index in [4.69, 9.17) is 22.2 Å². The van der Waals surface area contributed by atoms with E-state index in [2.05, 4.69) is 26.5 Å². The third-order valence-electron chi connectivity index (χ3n) is 5.97.